The van der Waals surface area contributed by atoms with Gasteiger partial charge in [0.2, 0.25) is 11.1 Å². The molecule has 0 unspecified atom stereocenters. The molecule has 1 aliphatic carbocycles. The number of thioether (sulfide) groups is 1. The molecule has 1 N–H and O–H groups in total. The normalized spacial score (nSPS) is 15.4. The molecule has 6 nitrogen and oxygen atoms in total. The Labute approximate surface area is 144 Å². The average molecular weight is 349 g/mol. The molecule has 8 heteroatoms. The minimum absolute atomic E-state index is 0.0284. The maximum atomic E-state index is 13.3. The van der Waals surface area contributed by atoms with E-state index in [-0.39, 0.29) is 17.5 Å². The maximum absolute atomic E-state index is 13.3. The van der Waals surface area contributed by atoms with Gasteiger partial charge in [0.25, 0.3) is 0 Å². The van der Waals surface area contributed by atoms with Crippen LogP contribution in [0.15, 0.2) is 29.4 Å². The molecule has 0 atom stereocenters. The topological polar surface area (TPSA) is 72.7 Å². The van der Waals surface area contributed by atoms with Crippen molar-refractivity contribution < 1.29 is 9.18 Å². The minimum Gasteiger partial charge on any atom is -0.355 e. The zero-order chi connectivity index (χ0) is 16.8. The summed E-state index contributed by atoms with van der Waals surface area (Å²) in [6, 6.07) is 6.02. The number of carbonyl (C=O) groups is 1. The molecule has 3 rings (SSSR count). The number of rotatable bonds is 6. The van der Waals surface area contributed by atoms with Crippen molar-refractivity contribution >= 4 is 17.7 Å². The van der Waals surface area contributed by atoms with Crippen LogP contribution in [0.5, 0.6) is 0 Å². The fraction of sp³-hybridized carbons (Fsp3) is 0.500. The van der Waals surface area contributed by atoms with E-state index in [9.17, 15) is 9.18 Å². The van der Waals surface area contributed by atoms with Crippen LogP contribution < -0.4 is 5.32 Å². The summed E-state index contributed by atoms with van der Waals surface area (Å²) in [5.41, 5.74) is 0.533. The van der Waals surface area contributed by atoms with Gasteiger partial charge in [-0.25, -0.2) is 4.39 Å². The van der Waals surface area contributed by atoms with Crippen LogP contribution in [-0.2, 0) is 4.79 Å². The average Bonchev–Trinajstić information content (AvgIpc) is 3.08. The van der Waals surface area contributed by atoms with Crippen molar-refractivity contribution in [2.75, 3.05) is 12.3 Å². The number of hydrogen-bond donors (Lipinski definition) is 1. The highest BCUT2D eigenvalue weighted by atomic mass is 32.2. The van der Waals surface area contributed by atoms with Gasteiger partial charge in [-0.2, -0.15) is 4.68 Å². The zero-order valence-corrected chi connectivity index (χ0v) is 14.1. The van der Waals surface area contributed by atoms with Crippen molar-refractivity contribution in [1.29, 1.82) is 0 Å². The summed E-state index contributed by atoms with van der Waals surface area (Å²) in [5, 5.41) is 14.8. The highest BCUT2D eigenvalue weighted by Crippen LogP contribution is 2.23. The molecule has 0 saturated heterocycles. The predicted molar refractivity (Wildman–Crippen MR) is 89.4 cm³/mol. The second kappa shape index (κ2) is 8.23. The molecule has 1 aromatic heterocycles. The van der Waals surface area contributed by atoms with Crippen LogP contribution in [0, 0.1) is 11.7 Å². The van der Waals surface area contributed by atoms with E-state index < -0.39 is 0 Å². The summed E-state index contributed by atoms with van der Waals surface area (Å²) < 4.78 is 14.8. The van der Waals surface area contributed by atoms with Crippen molar-refractivity contribution in [3.8, 4) is 5.69 Å². The molecule has 128 valence electrons. The Morgan fingerprint density at radius 1 is 1.33 bits per heavy atom. The number of aromatic nitrogens is 4. The molecule has 1 fully saturated rings. The standard InChI is InChI=1S/C16H20FN5OS/c17-13-7-4-8-14(9-13)22-16(19-20-21-22)24-11-15(23)18-10-12-5-2-1-3-6-12/h4,7-9,12H,1-3,5-6,10-11H2,(H,18,23). The van der Waals surface area contributed by atoms with Gasteiger partial charge in [-0.05, 0) is 47.4 Å². The highest BCUT2D eigenvalue weighted by Gasteiger charge is 2.15. The summed E-state index contributed by atoms with van der Waals surface area (Å²) in [6.07, 6.45) is 6.23. The summed E-state index contributed by atoms with van der Waals surface area (Å²) in [4.78, 5) is 12.0. The Hall–Kier alpha value is -1.96. The number of benzene rings is 1. The van der Waals surface area contributed by atoms with E-state index >= 15 is 0 Å². The second-order valence-corrected chi connectivity index (χ2v) is 6.89. The first kappa shape index (κ1) is 16.9. The Kier molecular flexibility index (Phi) is 5.79. The third kappa shape index (κ3) is 4.53. The molecule has 0 spiro atoms. The van der Waals surface area contributed by atoms with Crippen LogP contribution in [-0.4, -0.2) is 38.4 Å². The van der Waals surface area contributed by atoms with E-state index in [0.29, 0.717) is 16.8 Å². The lowest BCUT2D eigenvalue weighted by molar-refractivity contribution is -0.118. The van der Waals surface area contributed by atoms with Crippen LogP contribution in [0.2, 0.25) is 0 Å². The Morgan fingerprint density at radius 3 is 2.96 bits per heavy atom. The molecule has 1 saturated carbocycles. The third-order valence-corrected chi connectivity index (χ3v) is 5.06. The fourth-order valence-corrected chi connectivity index (χ4v) is 3.59. The van der Waals surface area contributed by atoms with Crippen molar-refractivity contribution in [3.05, 3.63) is 30.1 Å². The van der Waals surface area contributed by atoms with Gasteiger partial charge >= 0.3 is 0 Å². The second-order valence-electron chi connectivity index (χ2n) is 5.95. The van der Waals surface area contributed by atoms with E-state index in [1.54, 1.807) is 12.1 Å². The summed E-state index contributed by atoms with van der Waals surface area (Å²) >= 11 is 1.24. The monoisotopic (exact) mass is 349 g/mol. The molecule has 1 amide bonds. The lowest BCUT2D eigenvalue weighted by Gasteiger charge is -2.21. The summed E-state index contributed by atoms with van der Waals surface area (Å²) in [5.74, 6) is 0.455. The lowest BCUT2D eigenvalue weighted by Crippen LogP contribution is -2.31. The molecular weight excluding hydrogens is 329 g/mol. The number of nitrogens with one attached hydrogen (secondary N) is 1. The van der Waals surface area contributed by atoms with Crippen LogP contribution >= 0.6 is 11.8 Å². The Balaban J connectivity index is 1.51. The lowest BCUT2D eigenvalue weighted by atomic mass is 9.89. The number of tetrazole rings is 1. The van der Waals surface area contributed by atoms with E-state index in [1.807, 2.05) is 0 Å². The smallest absolute Gasteiger partial charge is 0.230 e. The van der Waals surface area contributed by atoms with E-state index in [2.05, 4.69) is 20.8 Å². The summed E-state index contributed by atoms with van der Waals surface area (Å²) in [7, 11) is 0. The maximum Gasteiger partial charge on any atom is 0.230 e. The Bertz CT molecular complexity index is 687. The molecule has 24 heavy (non-hydrogen) atoms. The third-order valence-electron chi connectivity index (χ3n) is 4.14. The van der Waals surface area contributed by atoms with E-state index in [1.165, 1.54) is 60.7 Å². The predicted octanol–water partition coefficient (Wildman–Crippen LogP) is 2.59. The van der Waals surface area contributed by atoms with E-state index in [0.717, 1.165) is 6.54 Å². The summed E-state index contributed by atoms with van der Waals surface area (Å²) in [6.45, 7) is 0.744. The van der Waals surface area contributed by atoms with Gasteiger partial charge in [-0.1, -0.05) is 37.1 Å². The SMILES string of the molecule is O=C(CSc1nnnn1-c1cccc(F)c1)NCC1CCCCC1. The van der Waals surface area contributed by atoms with Gasteiger partial charge in [0.05, 0.1) is 11.4 Å². The molecule has 2 aromatic rings. The van der Waals surface area contributed by atoms with Crippen molar-refractivity contribution in [1.82, 2.24) is 25.5 Å². The van der Waals surface area contributed by atoms with Crippen LogP contribution in [0.4, 0.5) is 4.39 Å². The number of halogens is 1. The first-order valence-electron chi connectivity index (χ1n) is 8.16. The van der Waals surface area contributed by atoms with Gasteiger partial charge in [-0.15, -0.1) is 5.10 Å². The van der Waals surface area contributed by atoms with Crippen molar-refractivity contribution in [2.24, 2.45) is 5.92 Å². The number of hydrogen-bond acceptors (Lipinski definition) is 5. The molecule has 0 bridgehead atoms. The van der Waals surface area contributed by atoms with Gasteiger partial charge in [0.1, 0.15) is 5.82 Å². The van der Waals surface area contributed by atoms with Gasteiger partial charge in [0, 0.05) is 6.54 Å². The van der Waals surface area contributed by atoms with Crippen molar-refractivity contribution in [3.63, 3.8) is 0 Å². The van der Waals surface area contributed by atoms with Gasteiger partial charge in [-0.3, -0.25) is 4.79 Å². The molecule has 1 aromatic carbocycles. The van der Waals surface area contributed by atoms with Gasteiger partial charge < -0.3 is 5.32 Å². The molecule has 1 heterocycles. The van der Waals surface area contributed by atoms with E-state index in [4.69, 9.17) is 0 Å². The van der Waals surface area contributed by atoms with Crippen molar-refractivity contribution in [2.45, 2.75) is 37.3 Å². The molecule has 1 aliphatic rings. The van der Waals surface area contributed by atoms with Gasteiger partial charge in [0.15, 0.2) is 0 Å². The molecular formula is C16H20FN5OS. The fourth-order valence-electron chi connectivity index (χ4n) is 2.87. The van der Waals surface area contributed by atoms with Crippen LogP contribution in [0.1, 0.15) is 32.1 Å². The van der Waals surface area contributed by atoms with Crippen LogP contribution in [0.3, 0.4) is 0 Å². The first-order chi connectivity index (χ1) is 11.7. The minimum atomic E-state index is -0.357. The largest absolute Gasteiger partial charge is 0.355 e. The zero-order valence-electron chi connectivity index (χ0n) is 13.3. The number of amides is 1. The molecule has 0 aliphatic heterocycles. The Morgan fingerprint density at radius 2 is 2.17 bits per heavy atom. The number of carbonyl (C=O) groups excluding carboxylic acids is 1. The first-order valence-corrected chi connectivity index (χ1v) is 9.15. The highest BCUT2D eigenvalue weighted by molar-refractivity contribution is 7.99. The van der Waals surface area contributed by atoms with Crippen LogP contribution in [0.25, 0.3) is 5.69 Å². The molecule has 0 radical (unpaired) electrons. The number of nitrogens with zero attached hydrogens (tertiary/aromatic N) is 4. The quantitative estimate of drug-likeness (QED) is 0.812.